The second-order valence-electron chi connectivity index (χ2n) is 5.60. The van der Waals surface area contributed by atoms with Gasteiger partial charge in [0.05, 0.1) is 29.5 Å². The second-order valence-corrected chi connectivity index (χ2v) is 5.60. The van der Waals surface area contributed by atoms with Crippen LogP contribution in [0.2, 0.25) is 0 Å². The van der Waals surface area contributed by atoms with Gasteiger partial charge in [-0.05, 0) is 26.0 Å². The minimum atomic E-state index is -0.295. The van der Waals surface area contributed by atoms with Gasteiger partial charge >= 0.3 is 0 Å². The van der Waals surface area contributed by atoms with Gasteiger partial charge < -0.3 is 9.47 Å². The minimum absolute atomic E-state index is 0.0149. The summed E-state index contributed by atoms with van der Waals surface area (Å²) in [6.45, 7) is 4.19. The maximum atomic E-state index is 12.6. The average Bonchev–Trinajstić information content (AvgIpc) is 2.99. The predicted octanol–water partition coefficient (Wildman–Crippen LogP) is 2.35. The van der Waals surface area contributed by atoms with Gasteiger partial charge in [0.25, 0.3) is 0 Å². The van der Waals surface area contributed by atoms with Crippen molar-refractivity contribution in [1.29, 1.82) is 0 Å². The molecule has 3 rings (SSSR count). The van der Waals surface area contributed by atoms with Crippen LogP contribution in [0, 0.1) is 6.92 Å². The molecule has 23 heavy (non-hydrogen) atoms. The number of rotatable bonds is 4. The molecule has 0 unspecified atom stereocenters. The Labute approximate surface area is 134 Å². The number of benzene rings is 1. The van der Waals surface area contributed by atoms with Crippen molar-refractivity contribution in [2.24, 2.45) is 0 Å². The molecule has 0 bridgehead atoms. The Balaban J connectivity index is 1.75. The van der Waals surface area contributed by atoms with Crippen molar-refractivity contribution < 1.29 is 4.79 Å². The molecule has 0 fully saturated rings. The monoisotopic (exact) mass is 309 g/mol. The fraction of sp³-hybridized carbons (Fsp3) is 0.294. The van der Waals surface area contributed by atoms with E-state index in [1.165, 1.54) is 0 Å². The largest absolute Gasteiger partial charge is 0.338 e. The van der Waals surface area contributed by atoms with E-state index in [4.69, 9.17) is 0 Å². The summed E-state index contributed by atoms with van der Waals surface area (Å²) in [5.74, 6) is 0.839. The molecule has 2 heterocycles. The molecule has 0 aliphatic heterocycles. The first kappa shape index (κ1) is 15.1. The second kappa shape index (κ2) is 6.16. The average molecular weight is 309 g/mol. The Kier molecular flexibility index (Phi) is 4.06. The van der Waals surface area contributed by atoms with E-state index in [0.29, 0.717) is 6.54 Å². The number of para-hydroxylation sites is 2. The fourth-order valence-electron chi connectivity index (χ4n) is 2.63. The van der Waals surface area contributed by atoms with Crippen LogP contribution in [-0.4, -0.2) is 37.4 Å². The number of hydrogen-bond acceptors (Lipinski definition) is 4. The first-order valence-electron chi connectivity index (χ1n) is 7.51. The predicted molar refractivity (Wildman–Crippen MR) is 87.7 cm³/mol. The van der Waals surface area contributed by atoms with Crippen LogP contribution < -0.4 is 0 Å². The van der Waals surface area contributed by atoms with Crippen molar-refractivity contribution >= 4 is 16.9 Å². The van der Waals surface area contributed by atoms with Gasteiger partial charge in [-0.1, -0.05) is 12.1 Å². The van der Waals surface area contributed by atoms with E-state index in [1.54, 1.807) is 24.3 Å². The van der Waals surface area contributed by atoms with Crippen LogP contribution >= 0.6 is 0 Å². The van der Waals surface area contributed by atoms with Crippen molar-refractivity contribution in [2.45, 2.75) is 26.4 Å². The summed E-state index contributed by atoms with van der Waals surface area (Å²) < 4.78 is 1.87. The Morgan fingerprint density at radius 3 is 2.70 bits per heavy atom. The zero-order valence-corrected chi connectivity index (χ0v) is 13.5. The number of hydrogen-bond donors (Lipinski definition) is 0. The summed E-state index contributed by atoms with van der Waals surface area (Å²) in [7, 11) is 1.78. The summed E-state index contributed by atoms with van der Waals surface area (Å²) in [5.41, 5.74) is 2.46. The number of carbonyl (C=O) groups is 1. The maximum Gasteiger partial charge on any atom is 0.245 e. The topological polar surface area (TPSA) is 63.9 Å². The van der Waals surface area contributed by atoms with E-state index in [2.05, 4.69) is 15.0 Å². The normalized spacial score (nSPS) is 12.3. The molecule has 6 heteroatoms. The third kappa shape index (κ3) is 3.06. The van der Waals surface area contributed by atoms with E-state index in [-0.39, 0.29) is 11.9 Å². The van der Waals surface area contributed by atoms with Gasteiger partial charge in [-0.3, -0.25) is 9.78 Å². The minimum Gasteiger partial charge on any atom is -0.338 e. The van der Waals surface area contributed by atoms with Crippen molar-refractivity contribution in [2.75, 3.05) is 7.05 Å². The number of imidazole rings is 1. The van der Waals surface area contributed by atoms with Gasteiger partial charge in [-0.25, -0.2) is 9.97 Å². The summed E-state index contributed by atoms with van der Waals surface area (Å²) in [4.78, 5) is 27.4. The number of likely N-dealkylation sites (N-methyl/N-ethyl adjacent to an activating group) is 1. The van der Waals surface area contributed by atoms with Crippen LogP contribution in [0.5, 0.6) is 0 Å². The maximum absolute atomic E-state index is 12.6. The number of amides is 1. The van der Waals surface area contributed by atoms with Gasteiger partial charge in [0.1, 0.15) is 11.9 Å². The van der Waals surface area contributed by atoms with E-state index in [1.807, 2.05) is 48.9 Å². The van der Waals surface area contributed by atoms with Crippen molar-refractivity contribution in [1.82, 2.24) is 24.4 Å². The highest BCUT2D eigenvalue weighted by Gasteiger charge is 2.20. The number of aryl methyl sites for hydroxylation is 1. The molecule has 0 radical (unpaired) electrons. The molecule has 0 N–H and O–H groups in total. The molecule has 0 spiro atoms. The third-order valence-electron chi connectivity index (χ3n) is 3.91. The Morgan fingerprint density at radius 2 is 2.00 bits per heavy atom. The fourth-order valence-corrected chi connectivity index (χ4v) is 2.63. The highest BCUT2D eigenvalue weighted by atomic mass is 16.2. The SMILES string of the molecule is Cc1nccn1[C@H](C)C(=O)N(C)Cc1cnc2ccccc2n1. The molecule has 3 aromatic rings. The number of aromatic nitrogens is 4. The number of carbonyl (C=O) groups excluding carboxylic acids is 1. The molecular weight excluding hydrogens is 290 g/mol. The lowest BCUT2D eigenvalue weighted by Crippen LogP contribution is -2.33. The van der Waals surface area contributed by atoms with Gasteiger partial charge in [0.2, 0.25) is 5.91 Å². The van der Waals surface area contributed by atoms with Crippen molar-refractivity contribution in [3.8, 4) is 0 Å². The van der Waals surface area contributed by atoms with Crippen LogP contribution in [0.1, 0.15) is 24.5 Å². The molecule has 0 aliphatic rings. The molecule has 0 aliphatic carbocycles. The molecule has 118 valence electrons. The summed E-state index contributed by atoms with van der Waals surface area (Å²) in [5, 5.41) is 0. The molecular formula is C17H19N5O. The zero-order valence-electron chi connectivity index (χ0n) is 13.5. The molecule has 1 atom stereocenters. The van der Waals surface area contributed by atoms with Crippen LogP contribution in [0.15, 0.2) is 42.9 Å². The molecule has 2 aromatic heterocycles. The lowest BCUT2D eigenvalue weighted by molar-refractivity contribution is -0.133. The van der Waals surface area contributed by atoms with Gasteiger partial charge in [0, 0.05) is 19.4 Å². The first-order valence-corrected chi connectivity index (χ1v) is 7.51. The van der Waals surface area contributed by atoms with Crippen molar-refractivity contribution in [3.05, 3.63) is 54.4 Å². The van der Waals surface area contributed by atoms with Crippen LogP contribution in [0.25, 0.3) is 11.0 Å². The highest BCUT2D eigenvalue weighted by Crippen LogP contribution is 2.14. The summed E-state index contributed by atoms with van der Waals surface area (Å²) in [6.07, 6.45) is 5.24. The summed E-state index contributed by atoms with van der Waals surface area (Å²) >= 11 is 0. The van der Waals surface area contributed by atoms with E-state index in [0.717, 1.165) is 22.6 Å². The number of nitrogens with zero attached hydrogens (tertiary/aromatic N) is 5. The highest BCUT2D eigenvalue weighted by molar-refractivity contribution is 5.80. The first-order chi connectivity index (χ1) is 11.1. The van der Waals surface area contributed by atoms with Gasteiger partial charge in [-0.15, -0.1) is 0 Å². The van der Waals surface area contributed by atoms with E-state index >= 15 is 0 Å². The van der Waals surface area contributed by atoms with Crippen LogP contribution in [-0.2, 0) is 11.3 Å². The van der Waals surface area contributed by atoms with E-state index in [9.17, 15) is 4.79 Å². The molecule has 0 saturated carbocycles. The van der Waals surface area contributed by atoms with E-state index < -0.39 is 0 Å². The summed E-state index contributed by atoms with van der Waals surface area (Å²) in [6, 6.07) is 7.41. The smallest absolute Gasteiger partial charge is 0.245 e. The standard InChI is InChI=1S/C17H19N5O/c1-12(22-9-8-18-13(22)2)17(23)21(3)11-14-10-19-15-6-4-5-7-16(15)20-14/h4-10,12H,11H2,1-3H3/t12-/m1/s1. The number of fused-ring (bicyclic) bond motifs is 1. The molecule has 1 amide bonds. The molecule has 1 aromatic carbocycles. The van der Waals surface area contributed by atoms with Gasteiger partial charge in [-0.2, -0.15) is 0 Å². The van der Waals surface area contributed by atoms with Crippen LogP contribution in [0.3, 0.4) is 0 Å². The Bertz CT molecular complexity index is 842. The zero-order chi connectivity index (χ0) is 16.4. The Morgan fingerprint density at radius 1 is 1.26 bits per heavy atom. The third-order valence-corrected chi connectivity index (χ3v) is 3.91. The Hall–Kier alpha value is -2.76. The quantitative estimate of drug-likeness (QED) is 0.742. The molecule has 0 saturated heterocycles. The lowest BCUT2D eigenvalue weighted by atomic mass is 10.2. The molecule has 6 nitrogen and oxygen atoms in total. The lowest BCUT2D eigenvalue weighted by Gasteiger charge is -2.22. The van der Waals surface area contributed by atoms with Crippen molar-refractivity contribution in [3.63, 3.8) is 0 Å². The van der Waals surface area contributed by atoms with Crippen LogP contribution in [0.4, 0.5) is 0 Å². The van der Waals surface area contributed by atoms with Gasteiger partial charge in [0.15, 0.2) is 0 Å².